The van der Waals surface area contributed by atoms with Crippen molar-refractivity contribution in [2.24, 2.45) is 0 Å². The van der Waals surface area contributed by atoms with Crippen LogP contribution in [-0.2, 0) is 0 Å². The Morgan fingerprint density at radius 1 is 0.233 bits per heavy atom. The highest BCUT2D eigenvalue weighted by molar-refractivity contribution is 5.84. The van der Waals surface area contributed by atoms with E-state index in [0.717, 1.165) is 55.9 Å². The van der Waals surface area contributed by atoms with E-state index in [1.165, 1.54) is 0 Å². The maximum absolute atomic E-state index is 5.29. The van der Waals surface area contributed by atoms with Crippen LogP contribution < -0.4 is 0 Å². The predicted octanol–water partition coefficient (Wildman–Crippen LogP) is 11.8. The monoisotopic (exact) mass is 770 g/mol. The summed E-state index contributed by atoms with van der Waals surface area (Å²) in [6.07, 6.45) is 3.57. The second kappa shape index (κ2) is 16.2. The molecule has 0 radical (unpaired) electrons. The first-order chi connectivity index (χ1) is 29.7. The van der Waals surface area contributed by atoms with Gasteiger partial charge in [0.15, 0.2) is 23.3 Å². The highest BCUT2D eigenvalue weighted by atomic mass is 15.0. The van der Waals surface area contributed by atoms with Gasteiger partial charge in [-0.1, -0.05) is 152 Å². The third-order valence-electron chi connectivity index (χ3n) is 10.1. The largest absolute Gasteiger partial charge is 0.255 e. The van der Waals surface area contributed by atoms with Gasteiger partial charge in [-0.05, 0) is 53.6 Å². The Hall–Kier alpha value is -8.36. The highest BCUT2D eigenvalue weighted by Gasteiger charge is 2.19. The standard InChI is InChI=1S/C52H34N8/c1-6-17-35(18-7-1)41-32-46(45-31-40(28-30-53-45)52-59-50(38-23-12-4-13-24-38)58-51(60-52)39-25-14-5-15-26-39)55-47(33-41)48-42(27-16-29-54-48)44-34-43(36-19-8-2-9-20-36)56-49(57-44)37-21-10-3-11-22-37/h1-34H. The Balaban J connectivity index is 1.13. The number of nitrogens with zero attached hydrogens (tertiary/aromatic N) is 8. The van der Waals surface area contributed by atoms with E-state index in [1.54, 1.807) is 12.4 Å². The summed E-state index contributed by atoms with van der Waals surface area (Å²) in [6.45, 7) is 0. The van der Waals surface area contributed by atoms with Gasteiger partial charge in [0.05, 0.1) is 34.2 Å². The molecule has 0 aliphatic carbocycles. The summed E-state index contributed by atoms with van der Waals surface area (Å²) in [5.41, 5.74) is 11.6. The SMILES string of the molecule is c1ccc(-c2cc(-c3cc(-c4nc(-c5ccccc5)nc(-c5ccccc5)n4)ccn3)nc(-c3ncccc3-c3cc(-c4ccccc4)nc(-c4ccccc4)n3)c2)cc1. The minimum atomic E-state index is 0.532. The molecule has 0 spiro atoms. The van der Waals surface area contributed by atoms with Gasteiger partial charge in [0.25, 0.3) is 0 Å². The van der Waals surface area contributed by atoms with Crippen LogP contribution in [0.4, 0.5) is 0 Å². The highest BCUT2D eigenvalue weighted by Crippen LogP contribution is 2.36. The minimum absolute atomic E-state index is 0.532. The molecule has 60 heavy (non-hydrogen) atoms. The fourth-order valence-electron chi connectivity index (χ4n) is 7.10. The molecule has 0 saturated carbocycles. The van der Waals surface area contributed by atoms with Gasteiger partial charge in [-0.2, -0.15) is 0 Å². The van der Waals surface area contributed by atoms with E-state index in [9.17, 15) is 0 Å². The number of pyridine rings is 3. The lowest BCUT2D eigenvalue weighted by atomic mass is 9.99. The van der Waals surface area contributed by atoms with Crippen LogP contribution in [0.15, 0.2) is 207 Å². The van der Waals surface area contributed by atoms with E-state index >= 15 is 0 Å². The number of rotatable bonds is 9. The number of hydrogen-bond acceptors (Lipinski definition) is 8. The van der Waals surface area contributed by atoms with Crippen LogP contribution in [0.25, 0.3) is 102 Å². The zero-order valence-electron chi connectivity index (χ0n) is 32.2. The van der Waals surface area contributed by atoms with E-state index in [1.807, 2.05) is 158 Å². The Kier molecular flexibility index (Phi) is 9.75. The van der Waals surface area contributed by atoms with Crippen LogP contribution in [0.2, 0.25) is 0 Å². The van der Waals surface area contributed by atoms with E-state index in [2.05, 4.69) is 36.4 Å². The molecule has 5 aromatic carbocycles. The Labute approximate surface area is 347 Å². The quantitative estimate of drug-likeness (QED) is 0.143. The molecule has 5 aromatic heterocycles. The van der Waals surface area contributed by atoms with Crippen LogP contribution in [-0.4, -0.2) is 39.9 Å². The summed E-state index contributed by atoms with van der Waals surface area (Å²) in [7, 11) is 0. The first kappa shape index (κ1) is 36.0. The van der Waals surface area contributed by atoms with Gasteiger partial charge in [0.2, 0.25) is 0 Å². The van der Waals surface area contributed by atoms with Crippen molar-refractivity contribution in [1.82, 2.24) is 39.9 Å². The van der Waals surface area contributed by atoms with Crippen LogP contribution in [0.3, 0.4) is 0 Å². The zero-order valence-corrected chi connectivity index (χ0v) is 32.2. The van der Waals surface area contributed by atoms with Crippen LogP contribution in [0.5, 0.6) is 0 Å². The van der Waals surface area contributed by atoms with Crippen molar-refractivity contribution in [1.29, 1.82) is 0 Å². The van der Waals surface area contributed by atoms with Crippen molar-refractivity contribution in [3.05, 3.63) is 207 Å². The van der Waals surface area contributed by atoms with E-state index in [-0.39, 0.29) is 0 Å². The summed E-state index contributed by atoms with van der Waals surface area (Å²) >= 11 is 0. The maximum atomic E-state index is 5.29. The molecular formula is C52H34N8. The van der Waals surface area contributed by atoms with Crippen LogP contribution in [0.1, 0.15) is 0 Å². The molecule has 0 unspecified atom stereocenters. The zero-order chi connectivity index (χ0) is 40.1. The topological polar surface area (TPSA) is 103 Å². The third kappa shape index (κ3) is 7.56. The van der Waals surface area contributed by atoms with Gasteiger partial charge in [0, 0.05) is 45.8 Å². The molecule has 0 saturated heterocycles. The maximum Gasteiger partial charge on any atom is 0.164 e. The normalized spacial score (nSPS) is 11.0. The second-order valence-electron chi connectivity index (χ2n) is 14.1. The van der Waals surface area contributed by atoms with E-state index in [4.69, 9.17) is 39.9 Å². The Morgan fingerprint density at radius 2 is 0.700 bits per heavy atom. The first-order valence-corrected chi connectivity index (χ1v) is 19.6. The molecule has 5 heterocycles. The summed E-state index contributed by atoms with van der Waals surface area (Å²) in [4.78, 5) is 40.1. The number of hydrogen-bond donors (Lipinski definition) is 0. The number of benzene rings is 5. The summed E-state index contributed by atoms with van der Waals surface area (Å²) in [6, 6.07) is 64.4. The Morgan fingerprint density at radius 3 is 1.28 bits per heavy atom. The van der Waals surface area contributed by atoms with Crippen LogP contribution in [0, 0.1) is 0 Å². The molecule has 10 aromatic rings. The van der Waals surface area contributed by atoms with Gasteiger partial charge in [-0.3, -0.25) is 9.97 Å². The first-order valence-electron chi connectivity index (χ1n) is 19.6. The average molecular weight is 771 g/mol. The average Bonchev–Trinajstić information content (AvgIpc) is 3.35. The molecular weight excluding hydrogens is 737 g/mol. The van der Waals surface area contributed by atoms with Gasteiger partial charge < -0.3 is 0 Å². The molecule has 0 N–H and O–H groups in total. The van der Waals surface area contributed by atoms with Crippen molar-refractivity contribution in [3.8, 4) is 102 Å². The predicted molar refractivity (Wildman–Crippen MR) is 238 cm³/mol. The molecule has 0 amide bonds. The second-order valence-corrected chi connectivity index (χ2v) is 14.1. The molecule has 0 aliphatic rings. The molecule has 282 valence electrons. The van der Waals surface area contributed by atoms with Gasteiger partial charge in [-0.15, -0.1) is 0 Å². The van der Waals surface area contributed by atoms with Crippen molar-refractivity contribution in [2.45, 2.75) is 0 Å². The fraction of sp³-hybridized carbons (Fsp3) is 0. The smallest absolute Gasteiger partial charge is 0.164 e. The van der Waals surface area contributed by atoms with Gasteiger partial charge in [-0.25, -0.2) is 29.9 Å². The third-order valence-corrected chi connectivity index (χ3v) is 10.1. The summed E-state index contributed by atoms with van der Waals surface area (Å²) in [5.74, 6) is 2.33. The fourth-order valence-corrected chi connectivity index (χ4v) is 7.10. The lowest BCUT2D eigenvalue weighted by Crippen LogP contribution is -2.01. The van der Waals surface area contributed by atoms with Crippen molar-refractivity contribution in [2.75, 3.05) is 0 Å². The lowest BCUT2D eigenvalue weighted by Gasteiger charge is -2.14. The minimum Gasteiger partial charge on any atom is -0.255 e. The molecule has 0 aliphatic heterocycles. The molecule has 8 nitrogen and oxygen atoms in total. The van der Waals surface area contributed by atoms with Gasteiger partial charge >= 0.3 is 0 Å². The molecule has 10 rings (SSSR count). The lowest BCUT2D eigenvalue weighted by molar-refractivity contribution is 1.07. The van der Waals surface area contributed by atoms with E-state index < -0.39 is 0 Å². The molecule has 8 heteroatoms. The molecule has 0 atom stereocenters. The van der Waals surface area contributed by atoms with Crippen molar-refractivity contribution < 1.29 is 0 Å². The van der Waals surface area contributed by atoms with Crippen molar-refractivity contribution in [3.63, 3.8) is 0 Å². The van der Waals surface area contributed by atoms with E-state index in [0.29, 0.717) is 46.1 Å². The summed E-state index contributed by atoms with van der Waals surface area (Å²) < 4.78 is 0. The van der Waals surface area contributed by atoms with Crippen LogP contribution >= 0.6 is 0 Å². The molecule has 0 bridgehead atoms. The van der Waals surface area contributed by atoms with Gasteiger partial charge in [0.1, 0.15) is 0 Å². The number of aromatic nitrogens is 8. The summed E-state index contributed by atoms with van der Waals surface area (Å²) in [5, 5.41) is 0. The van der Waals surface area contributed by atoms with Crippen molar-refractivity contribution >= 4 is 0 Å². The molecule has 0 fully saturated rings. The Bertz CT molecular complexity index is 2960.